The molecule has 1 aromatic carbocycles. The zero-order chi connectivity index (χ0) is 22.0. The lowest BCUT2D eigenvalue weighted by Gasteiger charge is -2.28. The fourth-order valence-corrected chi connectivity index (χ4v) is 3.57. The van der Waals surface area contributed by atoms with E-state index in [0.717, 1.165) is 0 Å². The molecule has 0 bridgehead atoms. The van der Waals surface area contributed by atoms with Crippen LogP contribution in [0.1, 0.15) is 40.2 Å². The van der Waals surface area contributed by atoms with Gasteiger partial charge in [-0.1, -0.05) is 18.2 Å². The second-order valence-corrected chi connectivity index (χ2v) is 7.38. The van der Waals surface area contributed by atoms with Crippen molar-refractivity contribution >= 4 is 16.8 Å². The molecule has 1 aliphatic heterocycles. The Kier molecular flexibility index (Phi) is 6.15. The normalized spacial score (nSPS) is 19.0. The first-order valence-electron chi connectivity index (χ1n) is 9.80. The maximum atomic E-state index is 14.5. The summed E-state index contributed by atoms with van der Waals surface area (Å²) in [5, 5.41) is 13.3. The minimum absolute atomic E-state index is 0.00320. The SMILES string of the molecule is O=C(N[C@H]1CCOC[C@@H]1O)c1cc(Cc2ccc(C(F)F)nc2)c2cccc(F)c2n1. The molecule has 9 heteroatoms. The molecule has 0 saturated carbocycles. The molecule has 2 atom stereocenters. The third kappa shape index (κ3) is 4.67. The summed E-state index contributed by atoms with van der Waals surface area (Å²) in [6.07, 6.45) is -1.47. The van der Waals surface area contributed by atoms with Crippen LogP contribution < -0.4 is 5.32 Å². The highest BCUT2D eigenvalue weighted by atomic mass is 19.3. The Morgan fingerprint density at radius 3 is 2.84 bits per heavy atom. The molecule has 0 unspecified atom stereocenters. The van der Waals surface area contributed by atoms with Crippen LogP contribution in [-0.4, -0.2) is 46.3 Å². The molecule has 0 spiro atoms. The molecule has 2 N–H and O–H groups in total. The zero-order valence-electron chi connectivity index (χ0n) is 16.4. The lowest BCUT2D eigenvalue weighted by atomic mass is 10.00. The van der Waals surface area contributed by atoms with E-state index in [0.29, 0.717) is 29.5 Å². The summed E-state index contributed by atoms with van der Waals surface area (Å²) in [6.45, 7) is 0.534. The van der Waals surface area contributed by atoms with Crippen LogP contribution in [0.3, 0.4) is 0 Å². The van der Waals surface area contributed by atoms with Crippen LogP contribution in [0.2, 0.25) is 0 Å². The third-order valence-electron chi connectivity index (χ3n) is 5.22. The second-order valence-electron chi connectivity index (χ2n) is 7.38. The molecular formula is C22H20F3N3O3. The number of ether oxygens (including phenoxy) is 1. The molecular weight excluding hydrogens is 411 g/mol. The third-order valence-corrected chi connectivity index (χ3v) is 5.22. The summed E-state index contributed by atoms with van der Waals surface area (Å²) in [7, 11) is 0. The standard InChI is InChI=1S/C22H20F3N3O3/c23-15-3-1-2-14-13(8-12-4-5-17(21(24)25)26-10-12)9-18(27-20(14)15)22(30)28-16-6-7-31-11-19(16)29/h1-5,9-10,16,19,21,29H,6-8,11H2,(H,28,30)/t16-,19-/m0/s1. The first-order valence-corrected chi connectivity index (χ1v) is 9.80. The van der Waals surface area contributed by atoms with Crippen LogP contribution in [0.15, 0.2) is 42.6 Å². The minimum atomic E-state index is -2.67. The van der Waals surface area contributed by atoms with Gasteiger partial charge in [-0.15, -0.1) is 0 Å². The predicted octanol–water partition coefficient (Wildman–Crippen LogP) is 3.18. The van der Waals surface area contributed by atoms with E-state index >= 15 is 0 Å². The van der Waals surface area contributed by atoms with Gasteiger partial charge in [-0.2, -0.15) is 0 Å². The summed E-state index contributed by atoms with van der Waals surface area (Å²) in [5.41, 5.74) is 0.948. The largest absolute Gasteiger partial charge is 0.389 e. The number of hydrogen-bond acceptors (Lipinski definition) is 5. The van der Waals surface area contributed by atoms with Gasteiger partial charge in [0.05, 0.1) is 18.8 Å². The molecule has 31 heavy (non-hydrogen) atoms. The molecule has 1 amide bonds. The number of carbonyl (C=O) groups is 1. The van der Waals surface area contributed by atoms with Gasteiger partial charge in [-0.05, 0) is 42.2 Å². The highest BCUT2D eigenvalue weighted by Gasteiger charge is 2.26. The summed E-state index contributed by atoms with van der Waals surface area (Å²) < 4.78 is 45.1. The van der Waals surface area contributed by atoms with E-state index in [1.807, 2.05) is 0 Å². The van der Waals surface area contributed by atoms with Crippen LogP contribution >= 0.6 is 0 Å². The number of rotatable bonds is 5. The number of pyridine rings is 2. The average Bonchev–Trinajstić information content (AvgIpc) is 2.76. The number of aliphatic hydroxyl groups is 1. The smallest absolute Gasteiger partial charge is 0.280 e. The highest BCUT2D eigenvalue weighted by molar-refractivity contribution is 5.96. The number of benzene rings is 1. The number of para-hydroxylation sites is 1. The van der Waals surface area contributed by atoms with E-state index in [2.05, 4.69) is 15.3 Å². The van der Waals surface area contributed by atoms with Gasteiger partial charge >= 0.3 is 0 Å². The van der Waals surface area contributed by atoms with Crippen LogP contribution in [0, 0.1) is 5.82 Å². The van der Waals surface area contributed by atoms with E-state index in [4.69, 9.17) is 4.74 Å². The first-order chi connectivity index (χ1) is 14.9. The molecule has 1 fully saturated rings. The van der Waals surface area contributed by atoms with Crippen molar-refractivity contribution in [3.63, 3.8) is 0 Å². The Balaban J connectivity index is 1.67. The van der Waals surface area contributed by atoms with Crippen molar-refractivity contribution in [3.8, 4) is 0 Å². The molecule has 4 rings (SSSR count). The number of nitrogens with one attached hydrogen (secondary N) is 1. The summed E-state index contributed by atoms with van der Waals surface area (Å²) in [6, 6.07) is 8.30. The predicted molar refractivity (Wildman–Crippen MR) is 106 cm³/mol. The number of nitrogens with zero attached hydrogens (tertiary/aromatic N) is 2. The molecule has 1 aliphatic rings. The van der Waals surface area contributed by atoms with Crippen molar-refractivity contribution in [2.24, 2.45) is 0 Å². The van der Waals surface area contributed by atoms with Crippen molar-refractivity contribution in [1.82, 2.24) is 15.3 Å². The Morgan fingerprint density at radius 1 is 1.29 bits per heavy atom. The van der Waals surface area contributed by atoms with E-state index in [1.54, 1.807) is 18.2 Å². The monoisotopic (exact) mass is 431 g/mol. The Labute approximate surface area is 176 Å². The van der Waals surface area contributed by atoms with Gasteiger partial charge in [0.2, 0.25) is 0 Å². The molecule has 6 nitrogen and oxygen atoms in total. The van der Waals surface area contributed by atoms with Crippen LogP contribution in [0.5, 0.6) is 0 Å². The van der Waals surface area contributed by atoms with E-state index in [1.165, 1.54) is 24.4 Å². The topological polar surface area (TPSA) is 84.3 Å². The fraction of sp³-hybridized carbons (Fsp3) is 0.318. The second kappa shape index (κ2) is 8.99. The maximum Gasteiger partial charge on any atom is 0.280 e. The number of aromatic nitrogens is 2. The van der Waals surface area contributed by atoms with Gasteiger partial charge < -0.3 is 15.2 Å². The summed E-state index contributed by atoms with van der Waals surface area (Å²) in [4.78, 5) is 20.7. The number of alkyl halides is 2. The van der Waals surface area contributed by atoms with Gasteiger partial charge in [-0.25, -0.2) is 18.2 Å². The molecule has 3 heterocycles. The van der Waals surface area contributed by atoms with Crippen molar-refractivity contribution in [3.05, 3.63) is 70.9 Å². The molecule has 162 valence electrons. The van der Waals surface area contributed by atoms with Crippen molar-refractivity contribution < 1.29 is 27.8 Å². The summed E-state index contributed by atoms with van der Waals surface area (Å²) >= 11 is 0. The van der Waals surface area contributed by atoms with Crippen LogP contribution in [0.4, 0.5) is 13.2 Å². The lowest BCUT2D eigenvalue weighted by Crippen LogP contribution is -2.48. The zero-order valence-corrected chi connectivity index (χ0v) is 16.4. The van der Waals surface area contributed by atoms with Gasteiger partial charge in [0.25, 0.3) is 12.3 Å². The molecule has 0 aliphatic carbocycles. The fourth-order valence-electron chi connectivity index (χ4n) is 3.57. The first kappa shape index (κ1) is 21.2. The van der Waals surface area contributed by atoms with Crippen LogP contribution in [-0.2, 0) is 11.2 Å². The van der Waals surface area contributed by atoms with E-state index in [9.17, 15) is 23.1 Å². The van der Waals surface area contributed by atoms with Crippen LogP contribution in [0.25, 0.3) is 10.9 Å². The van der Waals surface area contributed by atoms with E-state index < -0.39 is 30.3 Å². The van der Waals surface area contributed by atoms with E-state index in [-0.39, 0.29) is 29.9 Å². The van der Waals surface area contributed by atoms with Gasteiger partial charge in [0.15, 0.2) is 0 Å². The number of halogens is 3. The lowest BCUT2D eigenvalue weighted by molar-refractivity contribution is -0.0261. The molecule has 1 saturated heterocycles. The molecule has 3 aromatic rings. The summed E-state index contributed by atoms with van der Waals surface area (Å²) in [5.74, 6) is -1.12. The quantitative estimate of drug-likeness (QED) is 0.648. The Bertz CT molecular complexity index is 1090. The number of hydrogen-bond donors (Lipinski definition) is 2. The minimum Gasteiger partial charge on any atom is -0.389 e. The van der Waals surface area contributed by atoms with Crippen molar-refractivity contribution in [2.75, 3.05) is 13.2 Å². The molecule has 2 aromatic heterocycles. The number of fused-ring (bicyclic) bond motifs is 1. The molecule has 0 radical (unpaired) electrons. The average molecular weight is 431 g/mol. The van der Waals surface area contributed by atoms with Gasteiger partial charge in [0.1, 0.15) is 22.7 Å². The Morgan fingerprint density at radius 2 is 2.13 bits per heavy atom. The Hall–Kier alpha value is -3.04. The highest BCUT2D eigenvalue weighted by Crippen LogP contribution is 2.24. The van der Waals surface area contributed by atoms with Gasteiger partial charge in [-0.3, -0.25) is 9.78 Å². The maximum absolute atomic E-state index is 14.5. The van der Waals surface area contributed by atoms with Crippen molar-refractivity contribution in [2.45, 2.75) is 31.4 Å². The number of aliphatic hydroxyl groups excluding tert-OH is 1. The van der Waals surface area contributed by atoms with Gasteiger partial charge in [0, 0.05) is 18.2 Å². The van der Waals surface area contributed by atoms with Crippen molar-refractivity contribution in [1.29, 1.82) is 0 Å². The number of amides is 1. The number of carbonyl (C=O) groups excluding carboxylic acids is 1.